The smallest absolute Gasteiger partial charge is 0.314 e. The molecule has 0 saturated carbocycles. The minimum Gasteiger partial charge on any atom is -0.484 e. The van der Waals surface area contributed by atoms with E-state index in [0.29, 0.717) is 22.5 Å². The summed E-state index contributed by atoms with van der Waals surface area (Å²) in [4.78, 5) is 39.4. The number of aromatic amines is 2. The summed E-state index contributed by atoms with van der Waals surface area (Å²) in [7, 11) is 0. The highest BCUT2D eigenvalue weighted by molar-refractivity contribution is 5.93. The van der Waals surface area contributed by atoms with E-state index in [1.165, 1.54) is 0 Å². The van der Waals surface area contributed by atoms with Gasteiger partial charge in [0.25, 0.3) is 5.91 Å². The highest BCUT2D eigenvalue weighted by Crippen LogP contribution is 2.14. The molecule has 0 unspecified atom stereocenters. The lowest BCUT2D eigenvalue weighted by Crippen LogP contribution is -2.29. The van der Waals surface area contributed by atoms with Gasteiger partial charge < -0.3 is 20.0 Å². The summed E-state index contributed by atoms with van der Waals surface area (Å²) >= 11 is 0. The van der Waals surface area contributed by atoms with Crippen LogP contribution in [-0.2, 0) is 4.79 Å². The number of fused-ring (bicyclic) bond motifs is 1. The highest BCUT2D eigenvalue weighted by atomic mass is 16.5. The van der Waals surface area contributed by atoms with Crippen molar-refractivity contribution in [3.8, 4) is 5.75 Å². The molecule has 0 fully saturated rings. The summed E-state index contributed by atoms with van der Waals surface area (Å²) in [6, 6.07) is 12.2. The van der Waals surface area contributed by atoms with E-state index in [0.717, 1.165) is 5.56 Å². The molecule has 24 heavy (non-hydrogen) atoms. The fourth-order valence-electron chi connectivity index (χ4n) is 2.17. The average molecular weight is 325 g/mol. The minimum absolute atomic E-state index is 0.136. The fraction of sp³-hybridized carbons (Fsp3) is 0.118. The van der Waals surface area contributed by atoms with Gasteiger partial charge in [-0.05, 0) is 37.3 Å². The molecule has 2 aromatic carbocycles. The number of benzene rings is 2. The summed E-state index contributed by atoms with van der Waals surface area (Å²) in [5, 5.41) is 2.67. The number of hydrogen-bond acceptors (Lipinski definition) is 4. The first-order chi connectivity index (χ1) is 11.5. The zero-order valence-electron chi connectivity index (χ0n) is 12.9. The van der Waals surface area contributed by atoms with Gasteiger partial charge in [-0.2, -0.15) is 0 Å². The van der Waals surface area contributed by atoms with Gasteiger partial charge in [0, 0.05) is 5.69 Å². The van der Waals surface area contributed by atoms with Crippen molar-refractivity contribution in [2.75, 3.05) is 11.9 Å². The van der Waals surface area contributed by atoms with Crippen LogP contribution in [0.25, 0.3) is 11.0 Å². The van der Waals surface area contributed by atoms with E-state index in [2.05, 4.69) is 15.3 Å². The number of hydrogen-bond donors (Lipinski definition) is 3. The second-order valence-electron chi connectivity index (χ2n) is 5.32. The van der Waals surface area contributed by atoms with Crippen LogP contribution in [0.4, 0.5) is 5.69 Å². The number of aryl methyl sites for hydroxylation is 1. The molecule has 7 heteroatoms. The van der Waals surface area contributed by atoms with E-state index in [4.69, 9.17) is 4.74 Å². The predicted molar refractivity (Wildman–Crippen MR) is 90.5 cm³/mol. The van der Waals surface area contributed by atoms with Crippen molar-refractivity contribution in [3.05, 3.63) is 68.7 Å². The molecule has 122 valence electrons. The van der Waals surface area contributed by atoms with Gasteiger partial charge in [-0.15, -0.1) is 0 Å². The summed E-state index contributed by atoms with van der Waals surface area (Å²) in [6.45, 7) is 1.83. The van der Waals surface area contributed by atoms with Crippen molar-refractivity contribution in [1.82, 2.24) is 9.97 Å². The van der Waals surface area contributed by atoms with Gasteiger partial charge in [0.15, 0.2) is 6.61 Å². The number of amides is 1. The molecule has 0 aliphatic carbocycles. The van der Waals surface area contributed by atoms with Gasteiger partial charge in [-0.25, -0.2) is 0 Å². The van der Waals surface area contributed by atoms with Crippen LogP contribution < -0.4 is 21.2 Å². The number of nitrogens with one attached hydrogen (secondary N) is 3. The predicted octanol–water partition coefficient (Wildman–Crippen LogP) is 1.54. The van der Waals surface area contributed by atoms with Crippen molar-refractivity contribution in [3.63, 3.8) is 0 Å². The van der Waals surface area contributed by atoms with Crippen LogP contribution in [0.3, 0.4) is 0 Å². The Morgan fingerprint density at radius 1 is 1.00 bits per heavy atom. The first-order valence-corrected chi connectivity index (χ1v) is 7.27. The molecule has 0 aliphatic rings. The summed E-state index contributed by atoms with van der Waals surface area (Å²) < 4.78 is 5.40. The van der Waals surface area contributed by atoms with Crippen LogP contribution in [-0.4, -0.2) is 22.5 Å². The zero-order chi connectivity index (χ0) is 17.1. The van der Waals surface area contributed by atoms with Crippen molar-refractivity contribution >= 4 is 22.6 Å². The van der Waals surface area contributed by atoms with Crippen molar-refractivity contribution in [1.29, 1.82) is 0 Å². The third-order valence-corrected chi connectivity index (χ3v) is 3.40. The number of aromatic nitrogens is 2. The number of carbonyl (C=O) groups excluding carboxylic acids is 1. The lowest BCUT2D eigenvalue weighted by Gasteiger charge is -2.08. The molecular formula is C17H15N3O4. The molecule has 1 amide bonds. The van der Waals surface area contributed by atoms with Crippen molar-refractivity contribution in [2.24, 2.45) is 0 Å². The molecule has 0 bridgehead atoms. The van der Waals surface area contributed by atoms with Crippen LogP contribution in [0, 0.1) is 6.92 Å². The molecule has 3 aromatic rings. The SMILES string of the molecule is Cc1ccc(OCC(=O)Nc2ccc3[nH]c(=O)c(=O)[nH]c3c2)cc1. The Morgan fingerprint density at radius 3 is 2.38 bits per heavy atom. The van der Waals surface area contributed by atoms with Crippen molar-refractivity contribution in [2.45, 2.75) is 6.92 Å². The summed E-state index contributed by atoms with van der Waals surface area (Å²) in [5.41, 5.74) is 1.04. The maximum Gasteiger partial charge on any atom is 0.314 e. The maximum atomic E-state index is 11.9. The Balaban J connectivity index is 1.68. The average Bonchev–Trinajstić information content (AvgIpc) is 2.56. The molecule has 7 nitrogen and oxygen atoms in total. The minimum atomic E-state index is -0.742. The molecule has 3 N–H and O–H groups in total. The maximum absolute atomic E-state index is 11.9. The normalized spacial score (nSPS) is 10.5. The number of H-pyrrole nitrogens is 2. The number of ether oxygens (including phenoxy) is 1. The molecule has 3 rings (SSSR count). The van der Waals surface area contributed by atoms with Gasteiger partial charge >= 0.3 is 11.1 Å². The lowest BCUT2D eigenvalue weighted by atomic mass is 10.2. The standard InChI is InChI=1S/C17H15N3O4/c1-10-2-5-12(6-3-10)24-9-15(21)18-11-4-7-13-14(8-11)20-17(23)16(22)19-13/h2-8H,9H2,1H3,(H,18,21)(H,19,22)(H,20,23). The Hall–Kier alpha value is -3.35. The number of carbonyl (C=O) groups is 1. The monoisotopic (exact) mass is 325 g/mol. The number of rotatable bonds is 4. The Bertz CT molecular complexity index is 1000. The first-order valence-electron chi connectivity index (χ1n) is 7.27. The molecule has 1 heterocycles. The van der Waals surface area contributed by atoms with Crippen LogP contribution in [0.15, 0.2) is 52.1 Å². The van der Waals surface area contributed by atoms with Gasteiger partial charge in [0.05, 0.1) is 11.0 Å². The number of anilines is 1. The molecular weight excluding hydrogens is 310 g/mol. The van der Waals surface area contributed by atoms with Gasteiger partial charge in [-0.3, -0.25) is 14.4 Å². The second-order valence-corrected chi connectivity index (χ2v) is 5.32. The Morgan fingerprint density at radius 2 is 1.67 bits per heavy atom. The third-order valence-electron chi connectivity index (χ3n) is 3.40. The zero-order valence-corrected chi connectivity index (χ0v) is 12.9. The van der Waals surface area contributed by atoms with E-state index in [1.54, 1.807) is 30.3 Å². The molecule has 0 spiro atoms. The van der Waals surface area contributed by atoms with E-state index in [1.807, 2.05) is 19.1 Å². The summed E-state index contributed by atoms with van der Waals surface area (Å²) in [6.07, 6.45) is 0. The van der Waals surface area contributed by atoms with Gasteiger partial charge in [0.2, 0.25) is 0 Å². The molecule has 0 saturated heterocycles. The molecule has 1 aromatic heterocycles. The topological polar surface area (TPSA) is 104 Å². The fourth-order valence-corrected chi connectivity index (χ4v) is 2.17. The highest BCUT2D eigenvalue weighted by Gasteiger charge is 2.06. The molecule has 0 atom stereocenters. The van der Waals surface area contributed by atoms with E-state index >= 15 is 0 Å². The Kier molecular flexibility index (Phi) is 4.15. The first kappa shape index (κ1) is 15.5. The van der Waals surface area contributed by atoms with Crippen molar-refractivity contribution < 1.29 is 9.53 Å². The van der Waals surface area contributed by atoms with Crippen LogP contribution in [0.1, 0.15) is 5.56 Å². The van der Waals surface area contributed by atoms with Gasteiger partial charge in [0.1, 0.15) is 5.75 Å². The third kappa shape index (κ3) is 3.52. The Labute approximate surface area is 136 Å². The van der Waals surface area contributed by atoms with Crippen LogP contribution >= 0.6 is 0 Å². The largest absolute Gasteiger partial charge is 0.484 e. The quantitative estimate of drug-likeness (QED) is 0.633. The van der Waals surface area contributed by atoms with Gasteiger partial charge in [-0.1, -0.05) is 17.7 Å². The van der Waals surface area contributed by atoms with Crippen LogP contribution in [0.2, 0.25) is 0 Å². The molecule has 0 aliphatic heterocycles. The van der Waals surface area contributed by atoms with E-state index in [9.17, 15) is 14.4 Å². The summed E-state index contributed by atoms with van der Waals surface area (Å²) in [5.74, 6) is 0.276. The lowest BCUT2D eigenvalue weighted by molar-refractivity contribution is -0.118. The second kappa shape index (κ2) is 6.41. The van der Waals surface area contributed by atoms with Crippen LogP contribution in [0.5, 0.6) is 5.75 Å². The van der Waals surface area contributed by atoms with E-state index < -0.39 is 11.1 Å². The van der Waals surface area contributed by atoms with E-state index in [-0.39, 0.29) is 12.5 Å². The molecule has 0 radical (unpaired) electrons.